The van der Waals surface area contributed by atoms with Crippen LogP contribution in [0.15, 0.2) is 55.1 Å². The average molecular weight is 350 g/mol. The fourth-order valence-electron chi connectivity index (χ4n) is 2.80. The van der Waals surface area contributed by atoms with E-state index in [0.717, 1.165) is 16.8 Å². The molecule has 0 unspecified atom stereocenters. The maximum absolute atomic E-state index is 12.8. The third-order valence-electron chi connectivity index (χ3n) is 4.62. The second kappa shape index (κ2) is 7.39. The lowest BCUT2D eigenvalue weighted by Gasteiger charge is -2.26. The number of amides is 1. The average Bonchev–Trinajstić information content (AvgIpc) is 3.21. The van der Waals surface area contributed by atoms with Crippen LogP contribution in [0.25, 0.3) is 5.69 Å². The molecule has 0 N–H and O–H groups in total. The molecule has 3 aromatic rings. The van der Waals surface area contributed by atoms with Gasteiger partial charge in [-0.05, 0) is 49.2 Å². The second-order valence-corrected chi connectivity index (χ2v) is 6.21. The van der Waals surface area contributed by atoms with Crippen LogP contribution in [0.1, 0.15) is 34.5 Å². The molecule has 134 valence electrons. The minimum atomic E-state index is -0.0698. The maximum Gasteiger partial charge on any atom is 0.254 e. The van der Waals surface area contributed by atoms with Gasteiger partial charge in [-0.3, -0.25) is 4.79 Å². The largest absolute Gasteiger partial charge is 0.496 e. The smallest absolute Gasteiger partial charge is 0.254 e. The number of carbonyl (C=O) groups excluding carboxylic acids is 1. The van der Waals surface area contributed by atoms with Crippen LogP contribution < -0.4 is 4.74 Å². The summed E-state index contributed by atoms with van der Waals surface area (Å²) < 4.78 is 7.02. The quantitative estimate of drug-likeness (QED) is 0.707. The molecule has 0 fully saturated rings. The minimum Gasteiger partial charge on any atom is -0.496 e. The zero-order valence-corrected chi connectivity index (χ0v) is 15.4. The standard InChI is InChI=1S/C20H22N4O2/c1-14-5-6-17(11-19(14)26-4)20(25)23(3)15(2)16-7-9-18(10-8-16)24-13-21-12-22-24/h5-13,15H,1-4H3/t15-/m0/s1. The highest BCUT2D eigenvalue weighted by molar-refractivity contribution is 5.94. The molecule has 0 saturated heterocycles. The Hall–Kier alpha value is -3.15. The highest BCUT2D eigenvalue weighted by atomic mass is 16.5. The van der Waals surface area contributed by atoms with Gasteiger partial charge >= 0.3 is 0 Å². The van der Waals surface area contributed by atoms with E-state index in [2.05, 4.69) is 10.1 Å². The Kier molecular flexibility index (Phi) is 5.02. The number of carbonyl (C=O) groups is 1. The molecule has 0 aliphatic heterocycles. The summed E-state index contributed by atoms with van der Waals surface area (Å²) in [5.41, 5.74) is 3.59. The van der Waals surface area contributed by atoms with E-state index in [4.69, 9.17) is 4.74 Å². The van der Waals surface area contributed by atoms with Gasteiger partial charge in [0.15, 0.2) is 0 Å². The summed E-state index contributed by atoms with van der Waals surface area (Å²) >= 11 is 0. The van der Waals surface area contributed by atoms with E-state index in [1.54, 1.807) is 29.1 Å². The Bertz CT molecular complexity index is 889. The molecule has 0 aliphatic carbocycles. The van der Waals surface area contributed by atoms with Crippen molar-refractivity contribution < 1.29 is 9.53 Å². The summed E-state index contributed by atoms with van der Waals surface area (Å²) in [7, 11) is 3.42. The number of benzene rings is 2. The van der Waals surface area contributed by atoms with Crippen molar-refractivity contribution in [1.82, 2.24) is 19.7 Å². The van der Waals surface area contributed by atoms with Gasteiger partial charge in [-0.2, -0.15) is 5.10 Å². The number of methoxy groups -OCH3 is 1. The summed E-state index contributed by atoms with van der Waals surface area (Å²) in [4.78, 5) is 18.5. The molecular formula is C20H22N4O2. The molecule has 26 heavy (non-hydrogen) atoms. The van der Waals surface area contributed by atoms with E-state index in [0.29, 0.717) is 11.3 Å². The number of aryl methyl sites for hydroxylation is 1. The second-order valence-electron chi connectivity index (χ2n) is 6.21. The van der Waals surface area contributed by atoms with Gasteiger partial charge in [-0.25, -0.2) is 9.67 Å². The fourth-order valence-corrected chi connectivity index (χ4v) is 2.80. The van der Waals surface area contributed by atoms with Crippen LogP contribution >= 0.6 is 0 Å². The third-order valence-corrected chi connectivity index (χ3v) is 4.62. The fraction of sp³-hybridized carbons (Fsp3) is 0.250. The van der Waals surface area contributed by atoms with Crippen LogP contribution in [0.3, 0.4) is 0 Å². The van der Waals surface area contributed by atoms with Crippen molar-refractivity contribution in [2.75, 3.05) is 14.2 Å². The van der Waals surface area contributed by atoms with Crippen molar-refractivity contribution in [3.8, 4) is 11.4 Å². The van der Waals surface area contributed by atoms with Gasteiger partial charge in [-0.1, -0.05) is 18.2 Å². The number of nitrogens with zero attached hydrogens (tertiary/aromatic N) is 4. The van der Waals surface area contributed by atoms with Crippen molar-refractivity contribution in [1.29, 1.82) is 0 Å². The summed E-state index contributed by atoms with van der Waals surface area (Å²) in [6.45, 7) is 3.96. The molecule has 3 rings (SSSR count). The summed E-state index contributed by atoms with van der Waals surface area (Å²) in [5, 5.41) is 4.12. The highest BCUT2D eigenvalue weighted by Gasteiger charge is 2.20. The molecular weight excluding hydrogens is 328 g/mol. The van der Waals surface area contributed by atoms with Gasteiger partial charge in [0.1, 0.15) is 18.4 Å². The lowest BCUT2D eigenvalue weighted by atomic mass is 10.0. The summed E-state index contributed by atoms with van der Waals surface area (Å²) in [6.07, 6.45) is 3.15. The van der Waals surface area contributed by atoms with E-state index < -0.39 is 0 Å². The highest BCUT2D eigenvalue weighted by Crippen LogP contribution is 2.24. The molecule has 6 nitrogen and oxygen atoms in total. The minimum absolute atomic E-state index is 0.0452. The van der Waals surface area contributed by atoms with Gasteiger partial charge < -0.3 is 9.64 Å². The molecule has 2 aromatic carbocycles. The first kappa shape index (κ1) is 17.7. The normalized spacial score (nSPS) is 11.8. The van der Waals surface area contributed by atoms with E-state index in [-0.39, 0.29) is 11.9 Å². The lowest BCUT2D eigenvalue weighted by molar-refractivity contribution is 0.0742. The van der Waals surface area contributed by atoms with Crippen molar-refractivity contribution in [2.24, 2.45) is 0 Å². The Labute approximate surface area is 153 Å². The topological polar surface area (TPSA) is 60.2 Å². The predicted molar refractivity (Wildman–Crippen MR) is 99.6 cm³/mol. The summed E-state index contributed by atoms with van der Waals surface area (Å²) in [6, 6.07) is 13.4. The van der Waals surface area contributed by atoms with E-state index >= 15 is 0 Å². The Balaban J connectivity index is 1.78. The zero-order chi connectivity index (χ0) is 18.7. The molecule has 0 bridgehead atoms. The van der Waals surface area contributed by atoms with Crippen molar-refractivity contribution in [2.45, 2.75) is 19.9 Å². The first-order valence-electron chi connectivity index (χ1n) is 8.38. The third kappa shape index (κ3) is 3.44. The Morgan fingerprint density at radius 1 is 1.19 bits per heavy atom. The molecule has 0 saturated carbocycles. The van der Waals surface area contributed by atoms with Crippen LogP contribution in [0.2, 0.25) is 0 Å². The number of ether oxygens (including phenoxy) is 1. The maximum atomic E-state index is 12.8. The first-order valence-corrected chi connectivity index (χ1v) is 8.38. The number of aromatic nitrogens is 3. The molecule has 1 amide bonds. The molecule has 1 heterocycles. The van der Waals surface area contributed by atoms with Crippen molar-refractivity contribution >= 4 is 5.91 Å². The van der Waals surface area contributed by atoms with E-state index in [1.807, 2.05) is 57.3 Å². The van der Waals surface area contributed by atoms with Gasteiger partial charge in [0.25, 0.3) is 5.91 Å². The summed E-state index contributed by atoms with van der Waals surface area (Å²) in [5.74, 6) is 0.672. The van der Waals surface area contributed by atoms with Crippen LogP contribution in [0, 0.1) is 6.92 Å². The van der Waals surface area contributed by atoms with E-state index in [1.165, 1.54) is 6.33 Å². The number of rotatable bonds is 5. The van der Waals surface area contributed by atoms with Gasteiger partial charge in [0.2, 0.25) is 0 Å². The molecule has 1 atom stereocenters. The van der Waals surface area contributed by atoms with E-state index in [9.17, 15) is 4.79 Å². The number of hydrogen-bond donors (Lipinski definition) is 0. The molecule has 1 aromatic heterocycles. The zero-order valence-electron chi connectivity index (χ0n) is 15.4. The van der Waals surface area contributed by atoms with Gasteiger partial charge in [0, 0.05) is 12.6 Å². The first-order chi connectivity index (χ1) is 12.5. The number of hydrogen-bond acceptors (Lipinski definition) is 4. The lowest BCUT2D eigenvalue weighted by Crippen LogP contribution is -2.29. The van der Waals surface area contributed by atoms with Gasteiger partial charge in [0.05, 0.1) is 18.8 Å². The SMILES string of the molecule is COc1cc(C(=O)N(C)[C@@H](C)c2ccc(-n3cncn3)cc2)ccc1C. The van der Waals surface area contributed by atoms with Crippen LogP contribution in [-0.4, -0.2) is 39.7 Å². The monoisotopic (exact) mass is 350 g/mol. The van der Waals surface area contributed by atoms with Gasteiger partial charge in [-0.15, -0.1) is 0 Å². The van der Waals surface area contributed by atoms with Crippen molar-refractivity contribution in [3.05, 3.63) is 71.8 Å². The molecule has 0 radical (unpaired) electrons. The van der Waals surface area contributed by atoms with Crippen LogP contribution in [0.4, 0.5) is 0 Å². The Morgan fingerprint density at radius 2 is 1.92 bits per heavy atom. The van der Waals surface area contributed by atoms with Crippen molar-refractivity contribution in [3.63, 3.8) is 0 Å². The van der Waals surface area contributed by atoms with Crippen LogP contribution in [0.5, 0.6) is 5.75 Å². The molecule has 0 aliphatic rings. The van der Waals surface area contributed by atoms with Crippen LogP contribution in [-0.2, 0) is 0 Å². The predicted octanol–water partition coefficient (Wildman–Crippen LogP) is 3.42. The molecule has 6 heteroatoms. The molecule has 0 spiro atoms. The Morgan fingerprint density at radius 3 is 2.54 bits per heavy atom.